The minimum Gasteiger partial charge on any atom is -0.453 e. The molecule has 1 saturated heterocycles. The molecule has 0 bridgehead atoms. The van der Waals surface area contributed by atoms with Crippen LogP contribution in [0.2, 0.25) is 0 Å². The lowest BCUT2D eigenvalue weighted by Crippen LogP contribution is -2.47. The lowest BCUT2D eigenvalue weighted by molar-refractivity contribution is 0.0673. The molecule has 68 valence electrons. The lowest BCUT2D eigenvalue weighted by Gasteiger charge is -2.20. The molecule has 5 heteroatoms. The Morgan fingerprint density at radius 3 is 3.00 bits per heavy atom. The van der Waals surface area contributed by atoms with Crippen molar-refractivity contribution in [2.24, 2.45) is 5.10 Å². The smallest absolute Gasteiger partial charge is 0.205 e. The number of hydrazone groups is 1. The highest BCUT2D eigenvalue weighted by Crippen LogP contribution is 2.14. The summed E-state index contributed by atoms with van der Waals surface area (Å²) in [5.41, 5.74) is 2.82. The van der Waals surface area contributed by atoms with Crippen LogP contribution in [-0.4, -0.2) is 35.9 Å². The van der Waals surface area contributed by atoms with Gasteiger partial charge in [0, 0.05) is 6.92 Å². The first-order valence-corrected chi connectivity index (χ1v) is 4.15. The molecule has 0 saturated carbocycles. The van der Waals surface area contributed by atoms with Crippen molar-refractivity contribution in [3.8, 4) is 0 Å². The average Bonchev–Trinajstić information content (AvgIpc) is 2.58. The van der Waals surface area contributed by atoms with E-state index in [1.54, 1.807) is 6.92 Å². The van der Waals surface area contributed by atoms with Crippen LogP contribution in [-0.2, 0) is 4.74 Å². The van der Waals surface area contributed by atoms with Gasteiger partial charge in [0.05, 0.1) is 12.1 Å². The Balaban J connectivity index is 1.93. The SMILES string of the molecule is CC1=NNC(C2NCCC2O)O1. The highest BCUT2D eigenvalue weighted by Gasteiger charge is 2.35. The summed E-state index contributed by atoms with van der Waals surface area (Å²) in [5, 5.41) is 16.6. The number of aliphatic hydroxyl groups is 1. The molecule has 0 spiro atoms. The van der Waals surface area contributed by atoms with Gasteiger partial charge in [0.25, 0.3) is 0 Å². The fourth-order valence-corrected chi connectivity index (χ4v) is 1.57. The summed E-state index contributed by atoms with van der Waals surface area (Å²) in [7, 11) is 0. The summed E-state index contributed by atoms with van der Waals surface area (Å²) < 4.78 is 5.33. The van der Waals surface area contributed by atoms with Crippen LogP contribution in [0.1, 0.15) is 13.3 Å². The monoisotopic (exact) mass is 171 g/mol. The van der Waals surface area contributed by atoms with Crippen molar-refractivity contribution in [1.82, 2.24) is 10.7 Å². The topological polar surface area (TPSA) is 65.9 Å². The molecule has 0 aromatic rings. The van der Waals surface area contributed by atoms with Gasteiger partial charge in [-0.3, -0.25) is 5.43 Å². The Hall–Kier alpha value is -0.810. The maximum absolute atomic E-state index is 9.50. The summed E-state index contributed by atoms with van der Waals surface area (Å²) in [5.74, 6) is 0.626. The number of rotatable bonds is 1. The molecular formula is C7H13N3O2. The number of nitrogens with zero attached hydrogens (tertiary/aromatic N) is 1. The van der Waals surface area contributed by atoms with Gasteiger partial charge in [-0.15, -0.1) is 5.10 Å². The van der Waals surface area contributed by atoms with Crippen LogP contribution >= 0.6 is 0 Å². The molecule has 0 aliphatic carbocycles. The van der Waals surface area contributed by atoms with E-state index in [4.69, 9.17) is 4.74 Å². The molecule has 5 nitrogen and oxygen atoms in total. The van der Waals surface area contributed by atoms with E-state index in [9.17, 15) is 5.11 Å². The fourth-order valence-electron chi connectivity index (χ4n) is 1.57. The summed E-state index contributed by atoms with van der Waals surface area (Å²) in [6.45, 7) is 2.63. The van der Waals surface area contributed by atoms with Crippen LogP contribution in [0.3, 0.4) is 0 Å². The zero-order valence-corrected chi connectivity index (χ0v) is 6.95. The van der Waals surface area contributed by atoms with E-state index in [2.05, 4.69) is 15.8 Å². The van der Waals surface area contributed by atoms with E-state index >= 15 is 0 Å². The van der Waals surface area contributed by atoms with Gasteiger partial charge < -0.3 is 15.2 Å². The maximum atomic E-state index is 9.50. The van der Waals surface area contributed by atoms with Gasteiger partial charge in [0.15, 0.2) is 0 Å². The van der Waals surface area contributed by atoms with Crippen LogP contribution in [0.25, 0.3) is 0 Å². The van der Waals surface area contributed by atoms with Crippen molar-refractivity contribution in [1.29, 1.82) is 0 Å². The summed E-state index contributed by atoms with van der Waals surface area (Å²) in [6, 6.07) is -0.0359. The molecular weight excluding hydrogens is 158 g/mol. The van der Waals surface area contributed by atoms with Crippen LogP contribution in [0, 0.1) is 0 Å². The molecule has 12 heavy (non-hydrogen) atoms. The molecule has 2 aliphatic rings. The summed E-state index contributed by atoms with van der Waals surface area (Å²) in [6.07, 6.45) is 0.247. The molecule has 0 aromatic heterocycles. The molecule has 0 amide bonds. The van der Waals surface area contributed by atoms with Crippen LogP contribution in [0.4, 0.5) is 0 Å². The number of hydrogen-bond acceptors (Lipinski definition) is 5. The molecule has 2 heterocycles. The largest absolute Gasteiger partial charge is 0.453 e. The van der Waals surface area contributed by atoms with Gasteiger partial charge >= 0.3 is 0 Å². The average molecular weight is 171 g/mol. The second-order valence-corrected chi connectivity index (χ2v) is 3.13. The maximum Gasteiger partial charge on any atom is 0.205 e. The van der Waals surface area contributed by atoms with Gasteiger partial charge in [-0.05, 0) is 13.0 Å². The normalized spacial score (nSPS) is 40.5. The Labute approximate surface area is 70.8 Å². The number of ether oxygens (including phenoxy) is 1. The van der Waals surface area contributed by atoms with E-state index in [1.807, 2.05) is 0 Å². The Kier molecular flexibility index (Phi) is 1.90. The van der Waals surface area contributed by atoms with E-state index in [0.717, 1.165) is 13.0 Å². The molecule has 3 N–H and O–H groups in total. The molecule has 2 aliphatic heterocycles. The van der Waals surface area contributed by atoms with Crippen molar-refractivity contribution < 1.29 is 9.84 Å². The molecule has 0 radical (unpaired) electrons. The Morgan fingerprint density at radius 1 is 1.67 bits per heavy atom. The van der Waals surface area contributed by atoms with Crippen molar-refractivity contribution in [2.75, 3.05) is 6.54 Å². The van der Waals surface area contributed by atoms with Crippen molar-refractivity contribution in [2.45, 2.75) is 31.7 Å². The third kappa shape index (κ3) is 1.25. The third-order valence-corrected chi connectivity index (χ3v) is 2.21. The van der Waals surface area contributed by atoms with E-state index in [-0.39, 0.29) is 18.4 Å². The van der Waals surface area contributed by atoms with E-state index < -0.39 is 0 Å². The Morgan fingerprint density at radius 2 is 2.50 bits per heavy atom. The second-order valence-electron chi connectivity index (χ2n) is 3.13. The first kappa shape index (κ1) is 7.82. The van der Waals surface area contributed by atoms with Crippen molar-refractivity contribution in [3.05, 3.63) is 0 Å². The minimum absolute atomic E-state index is 0.0359. The standard InChI is InChI=1S/C7H13N3O2/c1-4-9-10-7(12-4)6-5(11)2-3-8-6/h5-8,10-11H,2-3H2,1H3. The van der Waals surface area contributed by atoms with Crippen LogP contribution < -0.4 is 10.7 Å². The zero-order chi connectivity index (χ0) is 8.55. The number of nitrogens with one attached hydrogen (secondary N) is 2. The van der Waals surface area contributed by atoms with E-state index in [1.165, 1.54) is 0 Å². The Bertz CT molecular complexity index is 207. The summed E-state index contributed by atoms with van der Waals surface area (Å²) >= 11 is 0. The highest BCUT2D eigenvalue weighted by molar-refractivity contribution is 5.74. The van der Waals surface area contributed by atoms with Gasteiger partial charge in [0.1, 0.15) is 0 Å². The van der Waals surface area contributed by atoms with Crippen LogP contribution in [0.5, 0.6) is 0 Å². The molecule has 1 fully saturated rings. The molecule has 3 atom stereocenters. The van der Waals surface area contributed by atoms with Gasteiger partial charge in [-0.25, -0.2) is 0 Å². The predicted octanol–water partition coefficient (Wildman–Crippen LogP) is -1.01. The second kappa shape index (κ2) is 2.91. The number of aliphatic hydroxyl groups excluding tert-OH is 1. The summed E-state index contributed by atoms with van der Waals surface area (Å²) in [4.78, 5) is 0. The molecule has 2 rings (SSSR count). The third-order valence-electron chi connectivity index (χ3n) is 2.21. The molecule has 3 unspecified atom stereocenters. The first-order valence-electron chi connectivity index (χ1n) is 4.15. The van der Waals surface area contributed by atoms with Crippen molar-refractivity contribution in [3.63, 3.8) is 0 Å². The lowest BCUT2D eigenvalue weighted by atomic mass is 10.1. The fraction of sp³-hybridized carbons (Fsp3) is 0.857. The quantitative estimate of drug-likeness (QED) is 0.473. The van der Waals surface area contributed by atoms with E-state index in [0.29, 0.717) is 5.90 Å². The van der Waals surface area contributed by atoms with Gasteiger partial charge in [-0.2, -0.15) is 0 Å². The first-order chi connectivity index (χ1) is 5.77. The van der Waals surface area contributed by atoms with Crippen LogP contribution in [0.15, 0.2) is 5.10 Å². The van der Waals surface area contributed by atoms with Gasteiger partial charge in [0.2, 0.25) is 12.1 Å². The molecule has 0 aromatic carbocycles. The predicted molar refractivity (Wildman–Crippen MR) is 43.5 cm³/mol. The highest BCUT2D eigenvalue weighted by atomic mass is 16.5. The minimum atomic E-state index is -0.330. The van der Waals surface area contributed by atoms with Crippen molar-refractivity contribution >= 4 is 5.90 Å². The zero-order valence-electron chi connectivity index (χ0n) is 6.95. The number of hydrogen-bond donors (Lipinski definition) is 3. The van der Waals surface area contributed by atoms with Gasteiger partial charge in [-0.1, -0.05) is 0 Å².